The molecule has 112 valence electrons. The van der Waals surface area contributed by atoms with Crippen LogP contribution in [0, 0.1) is 12.8 Å². The van der Waals surface area contributed by atoms with E-state index in [0.717, 1.165) is 22.7 Å². The number of aryl methyl sites for hydroxylation is 1. The standard InChI is InChI=1S/C17H22N2OS/c1-12(2)9-16(20)18-8-7-15-11-21-17(19-15)14-6-4-5-13(3)10-14/h4-6,10-12H,7-9H2,1-3H3,(H,18,20). The van der Waals surface area contributed by atoms with Gasteiger partial charge in [-0.15, -0.1) is 11.3 Å². The van der Waals surface area contributed by atoms with Crippen LogP contribution in [-0.4, -0.2) is 17.4 Å². The minimum absolute atomic E-state index is 0.124. The smallest absolute Gasteiger partial charge is 0.220 e. The van der Waals surface area contributed by atoms with Gasteiger partial charge in [0.15, 0.2) is 0 Å². The summed E-state index contributed by atoms with van der Waals surface area (Å²) in [6, 6.07) is 8.37. The van der Waals surface area contributed by atoms with Crippen LogP contribution in [0.5, 0.6) is 0 Å². The summed E-state index contributed by atoms with van der Waals surface area (Å²) in [5.74, 6) is 0.524. The number of nitrogens with zero attached hydrogens (tertiary/aromatic N) is 1. The highest BCUT2D eigenvalue weighted by Gasteiger charge is 2.07. The molecule has 0 fully saturated rings. The maximum atomic E-state index is 11.6. The summed E-state index contributed by atoms with van der Waals surface area (Å²) >= 11 is 1.66. The highest BCUT2D eigenvalue weighted by atomic mass is 32.1. The minimum atomic E-state index is 0.124. The normalized spacial score (nSPS) is 10.9. The van der Waals surface area contributed by atoms with Gasteiger partial charge in [-0.25, -0.2) is 4.98 Å². The van der Waals surface area contributed by atoms with Crippen LogP contribution in [0.4, 0.5) is 0 Å². The maximum absolute atomic E-state index is 11.6. The van der Waals surface area contributed by atoms with E-state index in [1.165, 1.54) is 5.56 Å². The Morgan fingerprint density at radius 3 is 2.90 bits per heavy atom. The number of carbonyl (C=O) groups is 1. The van der Waals surface area contributed by atoms with Gasteiger partial charge in [-0.3, -0.25) is 4.79 Å². The second-order valence-electron chi connectivity index (χ2n) is 5.71. The van der Waals surface area contributed by atoms with Crippen molar-refractivity contribution in [1.29, 1.82) is 0 Å². The fourth-order valence-electron chi connectivity index (χ4n) is 2.11. The molecule has 2 aromatic rings. The number of rotatable bonds is 6. The predicted molar refractivity (Wildman–Crippen MR) is 88.5 cm³/mol. The van der Waals surface area contributed by atoms with E-state index in [-0.39, 0.29) is 5.91 Å². The highest BCUT2D eigenvalue weighted by molar-refractivity contribution is 7.13. The molecule has 0 saturated heterocycles. The Morgan fingerprint density at radius 1 is 1.38 bits per heavy atom. The molecular formula is C17H22N2OS. The van der Waals surface area contributed by atoms with Crippen LogP contribution in [0.2, 0.25) is 0 Å². The quantitative estimate of drug-likeness (QED) is 0.881. The number of thiazole rings is 1. The van der Waals surface area contributed by atoms with Crippen molar-refractivity contribution in [2.75, 3.05) is 6.54 Å². The third-order valence-electron chi connectivity index (χ3n) is 3.11. The third-order valence-corrected chi connectivity index (χ3v) is 4.05. The molecule has 2 rings (SSSR count). The third kappa shape index (κ3) is 4.97. The van der Waals surface area contributed by atoms with Gasteiger partial charge in [0.05, 0.1) is 5.69 Å². The van der Waals surface area contributed by atoms with Gasteiger partial charge in [0.1, 0.15) is 5.01 Å². The van der Waals surface area contributed by atoms with Crippen molar-refractivity contribution in [3.63, 3.8) is 0 Å². The van der Waals surface area contributed by atoms with Crippen LogP contribution < -0.4 is 5.32 Å². The van der Waals surface area contributed by atoms with Crippen molar-refractivity contribution >= 4 is 17.2 Å². The summed E-state index contributed by atoms with van der Waals surface area (Å²) < 4.78 is 0. The molecule has 0 saturated carbocycles. The molecule has 1 amide bonds. The lowest BCUT2D eigenvalue weighted by atomic mass is 10.1. The number of benzene rings is 1. The van der Waals surface area contributed by atoms with Crippen molar-refractivity contribution in [1.82, 2.24) is 10.3 Å². The fraction of sp³-hybridized carbons (Fsp3) is 0.412. The summed E-state index contributed by atoms with van der Waals surface area (Å²) in [6.07, 6.45) is 1.37. The average molecular weight is 302 g/mol. The Kier molecular flexibility index (Phi) is 5.51. The molecule has 0 unspecified atom stereocenters. The molecule has 1 aromatic heterocycles. The average Bonchev–Trinajstić information content (AvgIpc) is 2.86. The van der Waals surface area contributed by atoms with E-state index in [9.17, 15) is 4.79 Å². The molecule has 21 heavy (non-hydrogen) atoms. The van der Waals surface area contributed by atoms with Crippen molar-refractivity contribution in [3.05, 3.63) is 40.9 Å². The monoisotopic (exact) mass is 302 g/mol. The van der Waals surface area contributed by atoms with E-state index in [0.29, 0.717) is 18.9 Å². The van der Waals surface area contributed by atoms with Crippen LogP contribution >= 0.6 is 11.3 Å². The second-order valence-corrected chi connectivity index (χ2v) is 6.57. The van der Waals surface area contributed by atoms with Gasteiger partial charge in [-0.05, 0) is 18.9 Å². The number of hydrogen-bond acceptors (Lipinski definition) is 3. The number of aromatic nitrogens is 1. The zero-order chi connectivity index (χ0) is 15.2. The fourth-order valence-corrected chi connectivity index (χ4v) is 2.96. The van der Waals surface area contributed by atoms with E-state index in [2.05, 4.69) is 46.9 Å². The lowest BCUT2D eigenvalue weighted by Crippen LogP contribution is -2.26. The second kappa shape index (κ2) is 7.36. The zero-order valence-corrected chi connectivity index (χ0v) is 13.7. The van der Waals surface area contributed by atoms with Crippen LogP contribution in [-0.2, 0) is 11.2 Å². The predicted octanol–water partition coefficient (Wildman–Crippen LogP) is 3.82. The van der Waals surface area contributed by atoms with E-state index in [4.69, 9.17) is 0 Å². The van der Waals surface area contributed by atoms with E-state index in [1.807, 2.05) is 13.8 Å². The zero-order valence-electron chi connectivity index (χ0n) is 12.8. The summed E-state index contributed by atoms with van der Waals surface area (Å²) in [5, 5.41) is 6.07. The maximum Gasteiger partial charge on any atom is 0.220 e. The van der Waals surface area contributed by atoms with Gasteiger partial charge in [-0.2, -0.15) is 0 Å². The van der Waals surface area contributed by atoms with Gasteiger partial charge in [0.2, 0.25) is 5.91 Å². The number of hydrogen-bond donors (Lipinski definition) is 1. The first-order valence-corrected chi connectivity index (χ1v) is 8.20. The van der Waals surface area contributed by atoms with Crippen molar-refractivity contribution < 1.29 is 4.79 Å². The topological polar surface area (TPSA) is 42.0 Å². The Labute approximate surface area is 130 Å². The summed E-state index contributed by atoms with van der Waals surface area (Å²) in [4.78, 5) is 16.2. The van der Waals surface area contributed by atoms with Gasteiger partial charge >= 0.3 is 0 Å². The SMILES string of the molecule is Cc1cccc(-c2nc(CCNC(=O)CC(C)C)cs2)c1. The summed E-state index contributed by atoms with van der Waals surface area (Å²) in [5.41, 5.74) is 3.45. The van der Waals surface area contributed by atoms with E-state index in [1.54, 1.807) is 11.3 Å². The summed E-state index contributed by atoms with van der Waals surface area (Å²) in [7, 11) is 0. The van der Waals surface area contributed by atoms with Crippen LogP contribution in [0.3, 0.4) is 0 Å². The minimum Gasteiger partial charge on any atom is -0.356 e. The number of carbonyl (C=O) groups excluding carboxylic acids is 1. The Hall–Kier alpha value is -1.68. The lowest BCUT2D eigenvalue weighted by Gasteiger charge is -2.05. The van der Waals surface area contributed by atoms with Crippen molar-refractivity contribution in [2.24, 2.45) is 5.92 Å². The van der Waals surface area contributed by atoms with Crippen molar-refractivity contribution in [3.8, 4) is 10.6 Å². The Bertz CT molecular complexity index is 604. The first kappa shape index (κ1) is 15.7. The molecular weight excluding hydrogens is 280 g/mol. The molecule has 0 aliphatic heterocycles. The first-order chi connectivity index (χ1) is 10.0. The molecule has 0 bridgehead atoms. The number of amides is 1. The Morgan fingerprint density at radius 2 is 2.19 bits per heavy atom. The van der Waals surface area contributed by atoms with Gasteiger partial charge in [0.25, 0.3) is 0 Å². The van der Waals surface area contributed by atoms with E-state index >= 15 is 0 Å². The summed E-state index contributed by atoms with van der Waals surface area (Å²) in [6.45, 7) is 6.84. The molecule has 3 nitrogen and oxygen atoms in total. The molecule has 0 atom stereocenters. The largest absolute Gasteiger partial charge is 0.356 e. The molecule has 1 aromatic carbocycles. The van der Waals surface area contributed by atoms with Crippen molar-refractivity contribution in [2.45, 2.75) is 33.6 Å². The van der Waals surface area contributed by atoms with Gasteiger partial charge in [-0.1, -0.05) is 37.6 Å². The molecule has 4 heteroatoms. The molecule has 1 heterocycles. The van der Waals surface area contributed by atoms with Crippen LogP contribution in [0.25, 0.3) is 10.6 Å². The molecule has 1 N–H and O–H groups in total. The number of nitrogens with one attached hydrogen (secondary N) is 1. The Balaban J connectivity index is 1.88. The highest BCUT2D eigenvalue weighted by Crippen LogP contribution is 2.24. The molecule has 0 aliphatic rings. The van der Waals surface area contributed by atoms with Gasteiger partial charge < -0.3 is 5.32 Å². The van der Waals surface area contributed by atoms with Crippen LogP contribution in [0.15, 0.2) is 29.6 Å². The molecule has 0 radical (unpaired) electrons. The lowest BCUT2D eigenvalue weighted by molar-refractivity contribution is -0.121. The first-order valence-electron chi connectivity index (χ1n) is 7.32. The van der Waals surface area contributed by atoms with Crippen LogP contribution in [0.1, 0.15) is 31.5 Å². The molecule has 0 aliphatic carbocycles. The van der Waals surface area contributed by atoms with Gasteiger partial charge in [0, 0.05) is 30.3 Å². The molecule has 0 spiro atoms. The van der Waals surface area contributed by atoms with E-state index < -0.39 is 0 Å².